The molecule has 0 aromatic carbocycles. The zero-order valence-corrected chi connectivity index (χ0v) is 30.6. The number of phosphoric ester groups is 1. The summed E-state index contributed by atoms with van der Waals surface area (Å²) in [6.45, 7) is 3.03. The summed E-state index contributed by atoms with van der Waals surface area (Å²) in [6.07, 6.45) is 9.91. The summed E-state index contributed by atoms with van der Waals surface area (Å²) in [6, 6.07) is 0. The third-order valence-corrected chi connectivity index (χ3v) is 9.58. The van der Waals surface area contributed by atoms with Crippen LogP contribution in [0.25, 0.3) is 0 Å². The van der Waals surface area contributed by atoms with Gasteiger partial charge in [-0.1, -0.05) is 109 Å². The molecule has 0 aromatic heterocycles. The second-order valence-electron chi connectivity index (χ2n) is 13.0. The molecule has 1 aliphatic rings. The Balaban J connectivity index is 2.57. The van der Waals surface area contributed by atoms with Gasteiger partial charge in [0, 0.05) is 12.8 Å². The molecule has 1 aliphatic carbocycles. The lowest BCUT2D eigenvalue weighted by Crippen LogP contribution is -2.64. The van der Waals surface area contributed by atoms with Crippen LogP contribution >= 0.6 is 7.82 Å². The summed E-state index contributed by atoms with van der Waals surface area (Å²) in [5.41, 5.74) is 0. The first-order chi connectivity index (χ1) is 23.4. The molecule has 0 bridgehead atoms. The molecule has 0 radical (unpaired) electrons. The third kappa shape index (κ3) is 20.9. The van der Waals surface area contributed by atoms with Gasteiger partial charge in [0.2, 0.25) is 0 Å². The van der Waals surface area contributed by atoms with E-state index >= 15 is 0 Å². The highest BCUT2D eigenvalue weighted by Gasteiger charge is 2.50. The van der Waals surface area contributed by atoms with Gasteiger partial charge < -0.3 is 48.9 Å². The lowest BCUT2D eigenvalue weighted by molar-refractivity contribution is -0.261. The van der Waals surface area contributed by atoms with E-state index in [9.17, 15) is 44.6 Å². The molecule has 0 aromatic rings. The first-order valence-electron chi connectivity index (χ1n) is 18.5. The molecule has 0 aliphatic heterocycles. The van der Waals surface area contributed by atoms with Gasteiger partial charge in [-0.05, 0) is 32.1 Å². The monoisotopic (exact) mass is 723 g/mol. The van der Waals surface area contributed by atoms with Crippen LogP contribution in [0.5, 0.6) is 0 Å². The Bertz CT molecular complexity index is 932. The van der Waals surface area contributed by atoms with Crippen molar-refractivity contribution in [2.45, 2.75) is 185 Å². The maximum absolute atomic E-state index is 12.6. The standard InChI is InChI=1S/C35H65O13P/c1-3-5-7-9-11-13-14-16-17-19-21-23-28(36)45-25-27(47-29(37)24-22-20-18-15-12-10-8-6-4-2)26-46-49(43,44)48-35-33(41)31(39)30(38)32(40)34(35)42/h6,8,27,30-35,38-42H,3-5,7,9-26H2,1-2H3,(H,43,44)/p-1/b8-6+/t27-,30?,31-,32+,33+,34+,35?/m0/s1. The van der Waals surface area contributed by atoms with Crippen LogP contribution in [-0.2, 0) is 32.7 Å². The fourth-order valence-electron chi connectivity index (χ4n) is 5.57. The van der Waals surface area contributed by atoms with Crippen LogP contribution < -0.4 is 4.89 Å². The lowest BCUT2D eigenvalue weighted by atomic mass is 9.85. The molecule has 5 N–H and O–H groups in total. The van der Waals surface area contributed by atoms with Crippen LogP contribution in [0.3, 0.4) is 0 Å². The SMILES string of the molecule is CC/C=C/CCCCCCCC(=O)O[C@@H](COC(=O)CCCCCCCCCCCCC)COP(=O)([O-])OC1[C@H](O)[C@H](O)C(O)[C@H](O)[C@H]1O. The topological polar surface area (TPSA) is 212 Å². The van der Waals surface area contributed by atoms with E-state index in [0.29, 0.717) is 12.8 Å². The predicted molar refractivity (Wildman–Crippen MR) is 182 cm³/mol. The average molecular weight is 724 g/mol. The summed E-state index contributed by atoms with van der Waals surface area (Å²) in [5.74, 6) is -1.15. The number of phosphoric acid groups is 1. The molecule has 8 atom stereocenters. The van der Waals surface area contributed by atoms with Crippen LogP contribution in [0, 0.1) is 0 Å². The molecule has 3 unspecified atom stereocenters. The molecule has 14 heteroatoms. The second-order valence-corrected chi connectivity index (χ2v) is 14.4. The third-order valence-electron chi connectivity index (χ3n) is 8.61. The van der Waals surface area contributed by atoms with Gasteiger partial charge in [-0.15, -0.1) is 0 Å². The van der Waals surface area contributed by atoms with Crippen LogP contribution in [0.2, 0.25) is 0 Å². The number of hydrogen-bond acceptors (Lipinski definition) is 13. The van der Waals surface area contributed by atoms with Gasteiger partial charge in [-0.2, -0.15) is 0 Å². The summed E-state index contributed by atoms with van der Waals surface area (Å²) in [5, 5.41) is 49.7. The first kappa shape index (κ1) is 45.6. The smallest absolute Gasteiger partial charge is 0.306 e. The maximum Gasteiger partial charge on any atom is 0.306 e. The first-order valence-corrected chi connectivity index (χ1v) is 19.9. The van der Waals surface area contributed by atoms with Crippen LogP contribution in [0.4, 0.5) is 0 Å². The number of unbranched alkanes of at least 4 members (excludes halogenated alkanes) is 15. The highest BCUT2D eigenvalue weighted by molar-refractivity contribution is 7.45. The number of allylic oxidation sites excluding steroid dienone is 2. The molecule has 1 rings (SSSR count). The second kappa shape index (κ2) is 27.3. The zero-order chi connectivity index (χ0) is 36.5. The Morgan fingerprint density at radius 1 is 0.653 bits per heavy atom. The number of aliphatic hydroxyl groups excluding tert-OH is 5. The number of carbonyl (C=O) groups is 2. The molecular weight excluding hydrogens is 659 g/mol. The summed E-state index contributed by atoms with van der Waals surface area (Å²) in [4.78, 5) is 37.5. The fourth-order valence-corrected chi connectivity index (χ4v) is 6.53. The van der Waals surface area contributed by atoms with Crippen molar-refractivity contribution in [3.8, 4) is 0 Å². The van der Waals surface area contributed by atoms with Crippen molar-refractivity contribution in [3.63, 3.8) is 0 Å². The van der Waals surface area contributed by atoms with Crippen molar-refractivity contribution in [2.24, 2.45) is 0 Å². The van der Waals surface area contributed by atoms with Gasteiger partial charge >= 0.3 is 11.9 Å². The zero-order valence-electron chi connectivity index (χ0n) is 29.7. The highest BCUT2D eigenvalue weighted by atomic mass is 31.2. The van der Waals surface area contributed by atoms with Crippen LogP contribution in [0.1, 0.15) is 142 Å². The Labute approximate surface area is 293 Å². The van der Waals surface area contributed by atoms with Gasteiger partial charge in [-0.3, -0.25) is 14.2 Å². The fraction of sp³-hybridized carbons (Fsp3) is 0.886. The number of esters is 2. The lowest BCUT2D eigenvalue weighted by Gasteiger charge is -2.43. The molecule has 0 saturated heterocycles. The average Bonchev–Trinajstić information content (AvgIpc) is 3.07. The molecule has 0 spiro atoms. The van der Waals surface area contributed by atoms with E-state index in [1.54, 1.807) is 0 Å². The Morgan fingerprint density at radius 3 is 1.65 bits per heavy atom. The molecule has 0 heterocycles. The number of carbonyl (C=O) groups excluding carboxylic acids is 2. The maximum atomic E-state index is 12.6. The van der Waals surface area contributed by atoms with Gasteiger partial charge in [0.15, 0.2) is 6.10 Å². The number of hydrogen-bond donors (Lipinski definition) is 5. The quantitative estimate of drug-likeness (QED) is 0.0311. The van der Waals surface area contributed by atoms with Gasteiger partial charge in [0.05, 0.1) is 6.61 Å². The van der Waals surface area contributed by atoms with E-state index in [0.717, 1.165) is 57.8 Å². The van der Waals surface area contributed by atoms with Crippen LogP contribution in [-0.4, -0.2) is 93.4 Å². The highest BCUT2D eigenvalue weighted by Crippen LogP contribution is 2.43. The molecule has 0 amide bonds. The van der Waals surface area contributed by atoms with Gasteiger partial charge in [-0.25, -0.2) is 0 Å². The van der Waals surface area contributed by atoms with Gasteiger partial charge in [0.25, 0.3) is 7.82 Å². The minimum absolute atomic E-state index is 0.0724. The van der Waals surface area contributed by atoms with Crippen molar-refractivity contribution in [2.75, 3.05) is 13.2 Å². The molecule has 49 heavy (non-hydrogen) atoms. The number of ether oxygens (including phenoxy) is 2. The van der Waals surface area contributed by atoms with E-state index in [1.807, 2.05) is 0 Å². The van der Waals surface area contributed by atoms with Crippen molar-refractivity contribution in [1.29, 1.82) is 0 Å². The van der Waals surface area contributed by atoms with E-state index in [4.69, 9.17) is 18.5 Å². The summed E-state index contributed by atoms with van der Waals surface area (Å²) < 4.78 is 32.8. The Morgan fingerprint density at radius 2 is 1.12 bits per heavy atom. The normalized spacial score (nSPS) is 24.5. The molecule has 1 saturated carbocycles. The van der Waals surface area contributed by atoms with E-state index < -0.39 is 75.7 Å². The Kier molecular flexibility index (Phi) is 25.4. The van der Waals surface area contributed by atoms with E-state index in [1.165, 1.54) is 44.9 Å². The minimum atomic E-state index is -5.35. The number of aliphatic hydroxyl groups is 5. The molecule has 13 nitrogen and oxygen atoms in total. The number of rotatable bonds is 29. The van der Waals surface area contributed by atoms with Crippen molar-refractivity contribution in [1.82, 2.24) is 0 Å². The summed E-state index contributed by atoms with van der Waals surface area (Å²) >= 11 is 0. The Hall–Kier alpha value is -1.41. The molecular formula is C35H64O13P-. The van der Waals surface area contributed by atoms with Crippen molar-refractivity contribution in [3.05, 3.63) is 12.2 Å². The van der Waals surface area contributed by atoms with E-state index in [-0.39, 0.29) is 12.8 Å². The largest absolute Gasteiger partial charge is 0.756 e. The molecule has 288 valence electrons. The van der Waals surface area contributed by atoms with Gasteiger partial charge in [0.1, 0.15) is 43.2 Å². The van der Waals surface area contributed by atoms with Crippen LogP contribution in [0.15, 0.2) is 12.2 Å². The summed E-state index contributed by atoms with van der Waals surface area (Å²) in [7, 11) is -5.35. The molecule has 1 fully saturated rings. The van der Waals surface area contributed by atoms with Crippen molar-refractivity contribution >= 4 is 19.8 Å². The minimum Gasteiger partial charge on any atom is -0.756 e. The van der Waals surface area contributed by atoms with Crippen molar-refractivity contribution < 1.29 is 63.1 Å². The predicted octanol–water partition coefficient (Wildman–Crippen LogP) is 4.53. The van der Waals surface area contributed by atoms with E-state index in [2.05, 4.69) is 26.0 Å².